The standard InChI is InChI=1S/C15H25BNO5P/c1-7-19-23(18,20-8-2)13-9-12(10-17-11-13)16-21-14(3,4)15(5,6)22-16/h9-11H,7-8H2,1-6H3. The van der Waals surface area contributed by atoms with Crippen LogP contribution in [0.1, 0.15) is 41.5 Å². The Bertz CT molecular complexity index is 581. The zero-order chi connectivity index (χ0) is 17.3. The highest BCUT2D eigenvalue weighted by atomic mass is 31.2. The molecule has 8 heteroatoms. The molecule has 23 heavy (non-hydrogen) atoms. The molecule has 2 heterocycles. The highest BCUT2D eigenvalue weighted by molar-refractivity contribution is 7.62. The lowest BCUT2D eigenvalue weighted by Crippen LogP contribution is -2.41. The van der Waals surface area contributed by atoms with Gasteiger partial charge in [0.05, 0.1) is 29.7 Å². The summed E-state index contributed by atoms with van der Waals surface area (Å²) in [5, 5.41) is 0.411. The van der Waals surface area contributed by atoms with Crippen molar-refractivity contribution < 1.29 is 22.9 Å². The second-order valence-corrected chi connectivity index (χ2v) is 8.43. The average molecular weight is 341 g/mol. The van der Waals surface area contributed by atoms with E-state index < -0.39 is 25.9 Å². The van der Waals surface area contributed by atoms with Crippen molar-refractivity contribution in [2.75, 3.05) is 13.2 Å². The molecule has 1 aliphatic rings. The molecule has 0 aromatic carbocycles. The van der Waals surface area contributed by atoms with Gasteiger partial charge >= 0.3 is 14.7 Å². The van der Waals surface area contributed by atoms with E-state index in [1.165, 1.54) is 6.20 Å². The number of hydrogen-bond donors (Lipinski definition) is 0. The molecule has 128 valence electrons. The maximum absolute atomic E-state index is 12.9. The van der Waals surface area contributed by atoms with Crippen molar-refractivity contribution in [3.63, 3.8) is 0 Å². The molecule has 1 fully saturated rings. The Morgan fingerprint density at radius 3 is 2.09 bits per heavy atom. The van der Waals surface area contributed by atoms with E-state index >= 15 is 0 Å². The molecule has 6 nitrogen and oxygen atoms in total. The quantitative estimate of drug-likeness (QED) is 0.584. The summed E-state index contributed by atoms with van der Waals surface area (Å²) in [6.45, 7) is 12.1. The van der Waals surface area contributed by atoms with Crippen molar-refractivity contribution in [1.82, 2.24) is 4.98 Å². The normalized spacial score (nSPS) is 20.0. The summed E-state index contributed by atoms with van der Waals surface area (Å²) in [5.41, 5.74) is -0.199. The number of aromatic nitrogens is 1. The molecule has 0 radical (unpaired) electrons. The van der Waals surface area contributed by atoms with Crippen LogP contribution in [0.25, 0.3) is 0 Å². The fourth-order valence-corrected chi connectivity index (χ4v) is 3.80. The van der Waals surface area contributed by atoms with Crippen LogP contribution >= 0.6 is 7.60 Å². The second kappa shape index (κ2) is 6.65. The molecule has 0 unspecified atom stereocenters. The van der Waals surface area contributed by atoms with Gasteiger partial charge < -0.3 is 18.4 Å². The Morgan fingerprint density at radius 1 is 1.09 bits per heavy atom. The first-order valence-corrected chi connectivity index (χ1v) is 9.39. The Labute approximate surface area is 138 Å². The number of hydrogen-bond acceptors (Lipinski definition) is 6. The Balaban J connectivity index is 2.32. The lowest BCUT2D eigenvalue weighted by Gasteiger charge is -2.32. The predicted octanol–water partition coefficient (Wildman–Crippen LogP) is 2.27. The molecule has 1 aromatic rings. The molecular weight excluding hydrogens is 316 g/mol. The van der Waals surface area contributed by atoms with Gasteiger partial charge in [-0.1, -0.05) is 0 Å². The van der Waals surface area contributed by atoms with E-state index in [4.69, 9.17) is 18.4 Å². The average Bonchev–Trinajstić information content (AvgIpc) is 2.68. The van der Waals surface area contributed by atoms with Gasteiger partial charge in [0.2, 0.25) is 0 Å². The fraction of sp³-hybridized carbons (Fsp3) is 0.667. The summed E-state index contributed by atoms with van der Waals surface area (Å²) in [7, 11) is -3.94. The third-order valence-electron chi connectivity index (χ3n) is 4.18. The van der Waals surface area contributed by atoms with Gasteiger partial charge in [0.25, 0.3) is 0 Å². The van der Waals surface area contributed by atoms with Crippen LogP contribution in [0.3, 0.4) is 0 Å². The lowest BCUT2D eigenvalue weighted by molar-refractivity contribution is 0.00578. The SMILES string of the molecule is CCOP(=O)(OCC)c1cncc(B2OC(C)(C)C(C)(C)O2)c1. The van der Waals surface area contributed by atoms with E-state index in [1.807, 2.05) is 27.7 Å². The van der Waals surface area contributed by atoms with Crippen LogP contribution in [0, 0.1) is 0 Å². The highest BCUT2D eigenvalue weighted by Crippen LogP contribution is 2.46. The summed E-state index contributed by atoms with van der Waals surface area (Å²) < 4.78 is 35.6. The van der Waals surface area contributed by atoms with E-state index in [9.17, 15) is 4.57 Å². The van der Waals surface area contributed by atoms with E-state index in [1.54, 1.807) is 26.1 Å². The summed E-state index contributed by atoms with van der Waals surface area (Å²) in [6, 6.07) is 1.72. The zero-order valence-corrected chi connectivity index (χ0v) is 15.6. The van der Waals surface area contributed by atoms with Gasteiger partial charge in [-0.25, -0.2) is 0 Å². The summed E-state index contributed by atoms with van der Waals surface area (Å²) in [5.74, 6) is 0. The van der Waals surface area contributed by atoms with Gasteiger partial charge in [-0.15, -0.1) is 0 Å². The first-order chi connectivity index (χ1) is 10.6. The molecule has 0 aliphatic carbocycles. The summed E-state index contributed by atoms with van der Waals surface area (Å²) in [4.78, 5) is 4.16. The minimum atomic E-state index is -3.38. The number of nitrogens with zero attached hydrogens (tertiary/aromatic N) is 1. The smallest absolute Gasteiger partial charge is 0.399 e. The van der Waals surface area contributed by atoms with Crippen LogP contribution in [0.5, 0.6) is 0 Å². The van der Waals surface area contributed by atoms with Crippen LogP contribution in [-0.4, -0.2) is 36.5 Å². The van der Waals surface area contributed by atoms with Crippen molar-refractivity contribution >= 4 is 25.5 Å². The Hall–Kier alpha value is -0.715. The zero-order valence-electron chi connectivity index (χ0n) is 14.7. The van der Waals surface area contributed by atoms with Crippen LogP contribution < -0.4 is 10.8 Å². The third-order valence-corrected chi connectivity index (χ3v) is 6.26. The Morgan fingerprint density at radius 2 is 1.61 bits per heavy atom. The van der Waals surface area contributed by atoms with E-state index in [0.717, 1.165) is 0 Å². The van der Waals surface area contributed by atoms with Crippen molar-refractivity contribution in [1.29, 1.82) is 0 Å². The molecule has 1 aromatic heterocycles. The summed E-state index contributed by atoms with van der Waals surface area (Å²) in [6.07, 6.45) is 3.15. The molecule has 1 aliphatic heterocycles. The molecule has 1 saturated heterocycles. The van der Waals surface area contributed by atoms with Gasteiger partial charge in [-0.05, 0) is 47.6 Å². The molecule has 0 atom stereocenters. The van der Waals surface area contributed by atoms with Crippen molar-refractivity contribution in [3.05, 3.63) is 18.5 Å². The number of rotatable bonds is 6. The molecule has 0 bridgehead atoms. The van der Waals surface area contributed by atoms with Crippen LogP contribution in [0.15, 0.2) is 18.5 Å². The lowest BCUT2D eigenvalue weighted by atomic mass is 9.80. The molecule has 0 N–H and O–H groups in total. The van der Waals surface area contributed by atoms with Crippen molar-refractivity contribution in [2.45, 2.75) is 52.7 Å². The van der Waals surface area contributed by atoms with Crippen LogP contribution in [0.4, 0.5) is 0 Å². The number of pyridine rings is 1. The summed E-state index contributed by atoms with van der Waals surface area (Å²) >= 11 is 0. The van der Waals surface area contributed by atoms with Gasteiger partial charge in [0, 0.05) is 17.9 Å². The van der Waals surface area contributed by atoms with E-state index in [-0.39, 0.29) is 13.2 Å². The Kier molecular flexibility index (Phi) is 5.39. The van der Waals surface area contributed by atoms with E-state index in [2.05, 4.69) is 4.98 Å². The van der Waals surface area contributed by atoms with Gasteiger partial charge in [-0.2, -0.15) is 0 Å². The van der Waals surface area contributed by atoms with E-state index in [0.29, 0.717) is 10.8 Å². The van der Waals surface area contributed by atoms with Crippen molar-refractivity contribution in [3.8, 4) is 0 Å². The molecule has 0 amide bonds. The maximum atomic E-state index is 12.9. The highest BCUT2D eigenvalue weighted by Gasteiger charge is 2.52. The van der Waals surface area contributed by atoms with Gasteiger partial charge in [0.1, 0.15) is 0 Å². The topological polar surface area (TPSA) is 66.9 Å². The minimum Gasteiger partial charge on any atom is -0.399 e. The minimum absolute atomic E-state index is 0.290. The first-order valence-electron chi connectivity index (χ1n) is 7.85. The third kappa shape index (κ3) is 3.70. The molecule has 0 saturated carbocycles. The van der Waals surface area contributed by atoms with Crippen LogP contribution in [0.2, 0.25) is 0 Å². The maximum Gasteiger partial charge on any atom is 0.496 e. The predicted molar refractivity (Wildman–Crippen MR) is 90.4 cm³/mol. The fourth-order valence-electron chi connectivity index (χ4n) is 2.23. The second-order valence-electron chi connectivity index (χ2n) is 6.40. The molecule has 2 rings (SSSR count). The van der Waals surface area contributed by atoms with Gasteiger partial charge in [-0.3, -0.25) is 9.55 Å². The monoisotopic (exact) mass is 341 g/mol. The van der Waals surface area contributed by atoms with Gasteiger partial charge in [0.15, 0.2) is 0 Å². The molecular formula is C15H25BNO5P. The van der Waals surface area contributed by atoms with Crippen molar-refractivity contribution in [2.24, 2.45) is 0 Å². The first kappa shape index (κ1) is 18.6. The van der Waals surface area contributed by atoms with Crippen LogP contribution in [-0.2, 0) is 22.9 Å². The largest absolute Gasteiger partial charge is 0.496 e. The molecule has 0 spiro atoms.